The molecule has 0 spiro atoms. The van der Waals surface area contributed by atoms with Gasteiger partial charge in [-0.05, 0) is 24.4 Å². The van der Waals surface area contributed by atoms with Gasteiger partial charge in [-0.3, -0.25) is 4.79 Å². The zero-order valence-corrected chi connectivity index (χ0v) is 13.9. The van der Waals surface area contributed by atoms with Crippen LogP contribution in [0.3, 0.4) is 0 Å². The molecular weight excluding hydrogens is 316 g/mol. The topological polar surface area (TPSA) is 52.6 Å². The molecule has 0 aliphatic heterocycles. The number of ether oxygens (including phenoxy) is 2. The van der Waals surface area contributed by atoms with E-state index < -0.39 is 5.97 Å². The van der Waals surface area contributed by atoms with E-state index in [1.807, 2.05) is 36.4 Å². The van der Waals surface area contributed by atoms with E-state index in [1.165, 1.54) is 0 Å². The lowest BCUT2D eigenvalue weighted by Gasteiger charge is -2.13. The Labute approximate surface area is 146 Å². The number of esters is 2. The van der Waals surface area contributed by atoms with Gasteiger partial charge in [-0.25, -0.2) is 4.79 Å². The van der Waals surface area contributed by atoms with Gasteiger partial charge in [-0.1, -0.05) is 54.6 Å². The van der Waals surface area contributed by atoms with Gasteiger partial charge in [0.15, 0.2) is 0 Å². The standard InChI is InChI=1S/C21H18O4/c1-2-24-19(22)14-17-13-12-15-8-6-7-11-18(15)20(17)25-21(23)16-9-4-3-5-10-16/h3-13H,2,14H2,1H3. The van der Waals surface area contributed by atoms with Crippen LogP contribution in [0, 0.1) is 0 Å². The number of carbonyl (C=O) groups excluding carboxylic acids is 2. The molecule has 0 atom stereocenters. The smallest absolute Gasteiger partial charge is 0.343 e. The van der Waals surface area contributed by atoms with Gasteiger partial charge in [0.25, 0.3) is 0 Å². The molecule has 0 saturated carbocycles. The number of fused-ring (bicyclic) bond motifs is 1. The van der Waals surface area contributed by atoms with Gasteiger partial charge < -0.3 is 9.47 Å². The van der Waals surface area contributed by atoms with Crippen molar-refractivity contribution in [2.45, 2.75) is 13.3 Å². The van der Waals surface area contributed by atoms with Crippen LogP contribution in [-0.4, -0.2) is 18.5 Å². The largest absolute Gasteiger partial charge is 0.466 e. The summed E-state index contributed by atoms with van der Waals surface area (Å²) in [6.07, 6.45) is 0.0517. The van der Waals surface area contributed by atoms with Crippen molar-refractivity contribution < 1.29 is 19.1 Å². The Balaban J connectivity index is 2.00. The maximum atomic E-state index is 12.5. The minimum Gasteiger partial charge on any atom is -0.466 e. The molecule has 3 aromatic rings. The Morgan fingerprint density at radius 3 is 2.36 bits per heavy atom. The molecule has 0 saturated heterocycles. The molecular formula is C21H18O4. The van der Waals surface area contributed by atoms with Crippen LogP contribution in [0.1, 0.15) is 22.8 Å². The second kappa shape index (κ2) is 7.62. The fraction of sp³-hybridized carbons (Fsp3) is 0.143. The van der Waals surface area contributed by atoms with E-state index in [2.05, 4.69) is 0 Å². The van der Waals surface area contributed by atoms with Crippen molar-refractivity contribution in [1.82, 2.24) is 0 Å². The molecule has 4 heteroatoms. The number of rotatable bonds is 5. The number of benzene rings is 3. The first-order valence-electron chi connectivity index (χ1n) is 8.12. The van der Waals surface area contributed by atoms with Crippen molar-refractivity contribution in [3.63, 3.8) is 0 Å². The molecule has 0 amide bonds. The molecule has 3 aromatic carbocycles. The lowest BCUT2D eigenvalue weighted by Crippen LogP contribution is -2.13. The summed E-state index contributed by atoms with van der Waals surface area (Å²) in [5, 5.41) is 1.72. The van der Waals surface area contributed by atoms with Crippen molar-refractivity contribution in [2.75, 3.05) is 6.61 Å². The van der Waals surface area contributed by atoms with Crippen LogP contribution < -0.4 is 4.74 Å². The third kappa shape index (κ3) is 3.86. The van der Waals surface area contributed by atoms with Crippen LogP contribution in [0.15, 0.2) is 66.7 Å². The van der Waals surface area contributed by atoms with Gasteiger partial charge in [0.05, 0.1) is 18.6 Å². The highest BCUT2D eigenvalue weighted by atomic mass is 16.5. The molecule has 0 N–H and O–H groups in total. The van der Waals surface area contributed by atoms with Gasteiger partial charge in [0.2, 0.25) is 0 Å². The van der Waals surface area contributed by atoms with Crippen LogP contribution in [-0.2, 0) is 16.0 Å². The Bertz CT molecular complexity index is 900. The summed E-state index contributed by atoms with van der Waals surface area (Å²) in [4.78, 5) is 24.4. The molecule has 25 heavy (non-hydrogen) atoms. The lowest BCUT2D eigenvalue weighted by atomic mass is 10.0. The molecule has 0 fully saturated rings. The molecule has 0 aliphatic rings. The molecule has 0 heterocycles. The molecule has 3 rings (SSSR count). The average molecular weight is 334 g/mol. The summed E-state index contributed by atoms with van der Waals surface area (Å²) >= 11 is 0. The SMILES string of the molecule is CCOC(=O)Cc1ccc2ccccc2c1OC(=O)c1ccccc1. The molecule has 0 radical (unpaired) electrons. The van der Waals surface area contributed by atoms with Gasteiger partial charge in [0.1, 0.15) is 5.75 Å². The maximum Gasteiger partial charge on any atom is 0.343 e. The summed E-state index contributed by atoms with van der Waals surface area (Å²) < 4.78 is 10.7. The van der Waals surface area contributed by atoms with Gasteiger partial charge >= 0.3 is 11.9 Å². The summed E-state index contributed by atoms with van der Waals surface area (Å²) in [7, 11) is 0. The van der Waals surface area contributed by atoms with E-state index in [9.17, 15) is 9.59 Å². The first-order chi connectivity index (χ1) is 12.2. The van der Waals surface area contributed by atoms with Crippen molar-refractivity contribution >= 4 is 22.7 Å². The highest BCUT2D eigenvalue weighted by molar-refractivity contribution is 5.97. The first-order valence-corrected chi connectivity index (χ1v) is 8.12. The van der Waals surface area contributed by atoms with Crippen LogP contribution in [0.25, 0.3) is 10.8 Å². The van der Waals surface area contributed by atoms with Gasteiger partial charge in [0, 0.05) is 10.9 Å². The predicted octanol–water partition coefficient (Wildman–Crippen LogP) is 4.16. The van der Waals surface area contributed by atoms with Crippen molar-refractivity contribution in [3.8, 4) is 5.75 Å². The van der Waals surface area contributed by atoms with E-state index in [1.54, 1.807) is 37.3 Å². The number of carbonyl (C=O) groups is 2. The summed E-state index contributed by atoms with van der Waals surface area (Å²) in [5.41, 5.74) is 1.08. The fourth-order valence-corrected chi connectivity index (χ4v) is 2.64. The second-order valence-electron chi connectivity index (χ2n) is 5.51. The summed E-state index contributed by atoms with van der Waals surface area (Å²) in [5.74, 6) is -0.406. The zero-order valence-electron chi connectivity index (χ0n) is 13.9. The highest BCUT2D eigenvalue weighted by Crippen LogP contribution is 2.31. The molecule has 0 aromatic heterocycles. The third-order valence-corrected chi connectivity index (χ3v) is 3.81. The average Bonchev–Trinajstić information content (AvgIpc) is 2.64. The quantitative estimate of drug-likeness (QED) is 0.519. The summed E-state index contributed by atoms with van der Waals surface area (Å²) in [6.45, 7) is 2.07. The van der Waals surface area contributed by atoms with Gasteiger partial charge in [-0.15, -0.1) is 0 Å². The second-order valence-corrected chi connectivity index (χ2v) is 5.51. The van der Waals surface area contributed by atoms with E-state index in [0.29, 0.717) is 23.5 Å². The Kier molecular flexibility index (Phi) is 5.09. The minimum atomic E-state index is -0.456. The normalized spacial score (nSPS) is 10.4. The third-order valence-electron chi connectivity index (χ3n) is 3.81. The lowest BCUT2D eigenvalue weighted by molar-refractivity contribution is -0.142. The zero-order chi connectivity index (χ0) is 17.6. The Hall–Kier alpha value is -3.14. The van der Waals surface area contributed by atoms with Crippen molar-refractivity contribution in [2.24, 2.45) is 0 Å². The van der Waals surface area contributed by atoms with Crippen LogP contribution in [0.5, 0.6) is 5.75 Å². The fourth-order valence-electron chi connectivity index (χ4n) is 2.64. The Morgan fingerprint density at radius 1 is 0.880 bits per heavy atom. The summed E-state index contributed by atoms with van der Waals surface area (Å²) in [6, 6.07) is 20.1. The molecule has 126 valence electrons. The van der Waals surface area contributed by atoms with E-state index in [-0.39, 0.29) is 12.4 Å². The van der Waals surface area contributed by atoms with E-state index in [4.69, 9.17) is 9.47 Å². The number of hydrogen-bond acceptors (Lipinski definition) is 4. The Morgan fingerprint density at radius 2 is 1.60 bits per heavy atom. The maximum absolute atomic E-state index is 12.5. The van der Waals surface area contributed by atoms with Crippen molar-refractivity contribution in [1.29, 1.82) is 0 Å². The monoisotopic (exact) mass is 334 g/mol. The van der Waals surface area contributed by atoms with Crippen LogP contribution in [0.2, 0.25) is 0 Å². The molecule has 4 nitrogen and oxygen atoms in total. The van der Waals surface area contributed by atoms with Gasteiger partial charge in [-0.2, -0.15) is 0 Å². The van der Waals surface area contributed by atoms with Crippen molar-refractivity contribution in [3.05, 3.63) is 77.9 Å². The first kappa shape index (κ1) is 16.7. The van der Waals surface area contributed by atoms with E-state index >= 15 is 0 Å². The molecule has 0 bridgehead atoms. The predicted molar refractivity (Wildman–Crippen MR) is 95.7 cm³/mol. The van der Waals surface area contributed by atoms with E-state index in [0.717, 1.165) is 10.8 Å². The van der Waals surface area contributed by atoms with Crippen LogP contribution >= 0.6 is 0 Å². The highest BCUT2D eigenvalue weighted by Gasteiger charge is 2.17. The molecule has 0 unspecified atom stereocenters. The molecule has 0 aliphatic carbocycles. The van der Waals surface area contributed by atoms with Crippen LogP contribution in [0.4, 0.5) is 0 Å². The number of hydrogen-bond donors (Lipinski definition) is 0. The minimum absolute atomic E-state index is 0.0517.